The quantitative estimate of drug-likeness (QED) is 0.200. The van der Waals surface area contributed by atoms with Crippen molar-refractivity contribution in [2.75, 3.05) is 4.90 Å². The van der Waals surface area contributed by atoms with Gasteiger partial charge in [-0.05, 0) is 77.1 Å². The molecule has 0 N–H and O–H groups in total. The monoisotopic (exact) mass is 573 g/mol. The van der Waals surface area contributed by atoms with Crippen LogP contribution >= 0.6 is 0 Å². The fourth-order valence-electron chi connectivity index (χ4n) is 7.50. The van der Waals surface area contributed by atoms with Crippen LogP contribution in [0.5, 0.6) is 0 Å². The highest BCUT2D eigenvalue weighted by Crippen LogP contribution is 2.55. The number of benzene rings is 2. The second-order valence-electron chi connectivity index (χ2n) is 12.8. The minimum Gasteiger partial charge on any atom is -0.454 e. The van der Waals surface area contributed by atoms with Crippen molar-refractivity contribution in [1.29, 1.82) is 0 Å². The van der Waals surface area contributed by atoms with Crippen molar-refractivity contribution in [2.24, 2.45) is 5.92 Å². The Labute approximate surface area is 260 Å². The highest BCUT2D eigenvalue weighted by Gasteiger charge is 2.43. The Bertz CT molecular complexity index is 2190. The van der Waals surface area contributed by atoms with Crippen molar-refractivity contribution in [2.45, 2.75) is 46.5 Å². The summed E-state index contributed by atoms with van der Waals surface area (Å²) >= 11 is 0. The summed E-state index contributed by atoms with van der Waals surface area (Å²) in [6, 6.07) is 30.6. The number of hydrogen-bond acceptors (Lipinski definition) is 2. The zero-order valence-electron chi connectivity index (χ0n) is 26.3. The molecule has 3 aliphatic carbocycles. The second kappa shape index (κ2) is 10.7. The van der Waals surface area contributed by atoms with Crippen LogP contribution in [0.3, 0.4) is 0 Å². The number of anilines is 2. The third-order valence-electron chi connectivity index (χ3n) is 9.57. The van der Waals surface area contributed by atoms with Gasteiger partial charge in [-0.2, -0.15) is 0 Å². The summed E-state index contributed by atoms with van der Waals surface area (Å²) in [5.41, 5.74) is 11.5. The third-order valence-corrected chi connectivity index (χ3v) is 9.57. The number of rotatable bonds is 3. The lowest BCUT2D eigenvalue weighted by molar-refractivity contribution is 0.498. The topological polar surface area (TPSA) is 16.4 Å². The molecule has 2 heterocycles. The lowest BCUT2D eigenvalue weighted by Gasteiger charge is -2.46. The predicted octanol–water partition coefficient (Wildman–Crippen LogP) is 11.5. The van der Waals surface area contributed by atoms with E-state index in [-0.39, 0.29) is 5.41 Å². The van der Waals surface area contributed by atoms with Crippen LogP contribution in [0.15, 0.2) is 131 Å². The maximum atomic E-state index is 6.78. The van der Waals surface area contributed by atoms with Crippen LogP contribution in [0.4, 0.5) is 11.4 Å². The number of furan rings is 1. The standard InChI is InChI=1S/C42H39NO/c1-7-8-18-31-29(4)26-34-27(2)15-10-9-11-17-30(34)22-25-36(31)43-37-20-14-16-28(3)39(37)42(5,6)35-24-23-33-32-19-12-13-21-38(32)44-41(33)40(35)43/h7-15,17-26,28H,1,16H2,2-6H3/b10-9?,11-9?,15-10?,17-11?,18-8-,25-22?,27-15?,29-26?,30-17?,30-22?,31-29?,34-26?,34-27?,34-30-,36-25?,36-31?. The lowest BCUT2D eigenvalue weighted by Crippen LogP contribution is -2.37. The molecule has 2 heteroatoms. The van der Waals surface area contributed by atoms with E-state index in [1.54, 1.807) is 0 Å². The Morgan fingerprint density at radius 1 is 0.886 bits per heavy atom. The molecule has 1 aliphatic heterocycles. The maximum absolute atomic E-state index is 6.78. The summed E-state index contributed by atoms with van der Waals surface area (Å²) < 4.78 is 6.78. The summed E-state index contributed by atoms with van der Waals surface area (Å²) in [6.45, 7) is 15.6. The molecule has 0 bridgehead atoms. The van der Waals surface area contributed by atoms with Crippen LogP contribution in [-0.2, 0) is 5.41 Å². The Morgan fingerprint density at radius 2 is 1.68 bits per heavy atom. The van der Waals surface area contributed by atoms with Crippen molar-refractivity contribution in [1.82, 2.24) is 0 Å². The van der Waals surface area contributed by atoms with Crippen molar-refractivity contribution in [3.8, 4) is 0 Å². The van der Waals surface area contributed by atoms with Crippen molar-refractivity contribution < 1.29 is 4.42 Å². The normalized spacial score (nSPS) is 18.1. The van der Waals surface area contributed by atoms with E-state index >= 15 is 0 Å². The molecule has 0 saturated carbocycles. The van der Waals surface area contributed by atoms with Crippen molar-refractivity contribution in [3.05, 3.63) is 160 Å². The van der Waals surface area contributed by atoms with Gasteiger partial charge in [-0.1, -0.05) is 124 Å². The van der Waals surface area contributed by atoms with E-state index in [2.05, 4.69) is 149 Å². The molecule has 0 spiro atoms. The molecule has 1 atom stereocenters. The fourth-order valence-corrected chi connectivity index (χ4v) is 7.50. The lowest BCUT2D eigenvalue weighted by atomic mass is 9.67. The average Bonchev–Trinajstić information content (AvgIpc) is 3.38. The van der Waals surface area contributed by atoms with E-state index < -0.39 is 0 Å². The molecule has 1 aromatic heterocycles. The minimum absolute atomic E-state index is 0.168. The van der Waals surface area contributed by atoms with Gasteiger partial charge in [0.2, 0.25) is 0 Å². The molecule has 3 aromatic rings. The van der Waals surface area contributed by atoms with Crippen LogP contribution in [0, 0.1) is 30.2 Å². The van der Waals surface area contributed by atoms with Crippen LogP contribution in [-0.4, -0.2) is 0 Å². The van der Waals surface area contributed by atoms with Gasteiger partial charge in [0, 0.05) is 27.4 Å². The van der Waals surface area contributed by atoms with Gasteiger partial charge < -0.3 is 9.32 Å². The van der Waals surface area contributed by atoms with Crippen LogP contribution in [0.25, 0.3) is 28.0 Å². The van der Waals surface area contributed by atoms with E-state index in [0.717, 1.165) is 45.3 Å². The first kappa shape index (κ1) is 28.0. The first-order valence-electron chi connectivity index (χ1n) is 15.6. The minimum atomic E-state index is -0.168. The Morgan fingerprint density at radius 3 is 2.52 bits per heavy atom. The average molecular weight is 574 g/mol. The van der Waals surface area contributed by atoms with E-state index in [9.17, 15) is 0 Å². The highest BCUT2D eigenvalue weighted by atomic mass is 16.3. The molecule has 4 aliphatic rings. The second-order valence-corrected chi connectivity index (χ2v) is 12.8. The zero-order valence-corrected chi connectivity index (χ0v) is 26.3. The largest absolute Gasteiger partial charge is 0.454 e. The molecule has 0 amide bonds. The molecule has 0 radical (unpaired) electrons. The highest BCUT2D eigenvalue weighted by molar-refractivity contribution is 6.11. The SMILES string of the molecule is C=C/C=C\c1c(C)c/c2c(C)ccccc/c=2ccc1N1C2=C(C(C)CC=C2)C(C)(C)c2ccc3c(oc4ccccc43)c21. The number of allylic oxidation sites excluding steroid dienone is 5. The number of fused-ring (bicyclic) bond motifs is 5. The van der Waals surface area contributed by atoms with Crippen LogP contribution in [0.1, 0.15) is 49.4 Å². The fraction of sp³-hybridized carbons (Fsp3) is 0.190. The summed E-state index contributed by atoms with van der Waals surface area (Å²) in [4.78, 5) is 2.49. The van der Waals surface area contributed by atoms with E-state index in [1.165, 1.54) is 38.4 Å². The van der Waals surface area contributed by atoms with E-state index in [4.69, 9.17) is 4.42 Å². The first-order valence-corrected chi connectivity index (χ1v) is 15.6. The van der Waals surface area contributed by atoms with Crippen molar-refractivity contribution in [3.63, 3.8) is 0 Å². The van der Waals surface area contributed by atoms with Crippen molar-refractivity contribution >= 4 is 39.4 Å². The van der Waals surface area contributed by atoms with Gasteiger partial charge in [-0.3, -0.25) is 0 Å². The molecule has 0 saturated heterocycles. The zero-order chi connectivity index (χ0) is 30.6. The third kappa shape index (κ3) is 4.32. The van der Waals surface area contributed by atoms with Gasteiger partial charge in [0.15, 0.2) is 5.58 Å². The summed E-state index contributed by atoms with van der Waals surface area (Å²) in [5.74, 6) is 0.413. The molecule has 218 valence electrons. The molecule has 2 nitrogen and oxygen atoms in total. The van der Waals surface area contributed by atoms with Gasteiger partial charge in [-0.15, -0.1) is 0 Å². The predicted molar refractivity (Wildman–Crippen MR) is 187 cm³/mol. The summed E-state index contributed by atoms with van der Waals surface area (Å²) in [6.07, 6.45) is 11.8. The van der Waals surface area contributed by atoms with E-state index in [1.807, 2.05) is 12.2 Å². The summed E-state index contributed by atoms with van der Waals surface area (Å²) in [5, 5.41) is 4.70. The maximum Gasteiger partial charge on any atom is 0.159 e. The smallest absolute Gasteiger partial charge is 0.159 e. The molecule has 0 fully saturated rings. The number of aryl methyl sites for hydroxylation is 2. The Balaban J connectivity index is 1.68. The van der Waals surface area contributed by atoms with Crippen LogP contribution < -0.4 is 4.90 Å². The molecule has 2 aromatic carbocycles. The summed E-state index contributed by atoms with van der Waals surface area (Å²) in [7, 11) is 0. The molecule has 1 unspecified atom stereocenters. The molecular weight excluding hydrogens is 534 g/mol. The van der Waals surface area contributed by atoms with E-state index in [0.29, 0.717) is 5.92 Å². The first-order chi connectivity index (χ1) is 21.3. The van der Waals surface area contributed by atoms with Gasteiger partial charge in [0.1, 0.15) is 5.58 Å². The number of hydrogen-bond donors (Lipinski definition) is 0. The van der Waals surface area contributed by atoms with Gasteiger partial charge in [0.25, 0.3) is 0 Å². The van der Waals surface area contributed by atoms with Gasteiger partial charge >= 0.3 is 0 Å². The van der Waals surface area contributed by atoms with Crippen LogP contribution in [0.2, 0.25) is 0 Å². The number of para-hydroxylation sites is 1. The number of nitrogens with zero attached hydrogens (tertiary/aromatic N) is 1. The Hall–Kier alpha value is -4.82. The molecule has 44 heavy (non-hydrogen) atoms. The molecule has 7 rings (SSSR count). The molecular formula is C42H39NO. The van der Waals surface area contributed by atoms with Gasteiger partial charge in [0.05, 0.1) is 11.4 Å². The van der Waals surface area contributed by atoms with Gasteiger partial charge in [-0.25, -0.2) is 0 Å². The Kier molecular flexibility index (Phi) is 6.81.